The van der Waals surface area contributed by atoms with Crippen molar-refractivity contribution in [1.29, 1.82) is 5.26 Å². The van der Waals surface area contributed by atoms with Crippen molar-refractivity contribution >= 4 is 25.7 Å². The van der Waals surface area contributed by atoms with Gasteiger partial charge >= 0.3 is 6.09 Å². The molecule has 0 radical (unpaired) electrons. The molecule has 4 heterocycles. The largest absolute Gasteiger partial charge is 0.490 e. The number of carbonyl (C=O) groups excluding carboxylic acids is 1. The van der Waals surface area contributed by atoms with Gasteiger partial charge in [0.2, 0.25) is 0 Å². The van der Waals surface area contributed by atoms with Gasteiger partial charge < -0.3 is 23.7 Å². The van der Waals surface area contributed by atoms with Crippen molar-refractivity contribution in [2.45, 2.75) is 65.3 Å². The summed E-state index contributed by atoms with van der Waals surface area (Å²) in [5.41, 5.74) is 2.34. The molecular weight excluding hydrogens is 536 g/mol. The summed E-state index contributed by atoms with van der Waals surface area (Å²) in [7, 11) is -1.86. The highest BCUT2D eigenvalue weighted by molar-refractivity contribution is 6.74. The zero-order valence-electron chi connectivity index (χ0n) is 25.5. The number of aromatic nitrogens is 3. The second-order valence-corrected chi connectivity index (χ2v) is 17.7. The Morgan fingerprint density at radius 2 is 1.76 bits per heavy atom. The fraction of sp³-hybridized carbons (Fsp3) is 0.533. The maximum Gasteiger partial charge on any atom is 0.410 e. The Bertz CT molecular complexity index is 1410. The molecule has 1 amide bonds. The number of ether oxygens (including phenoxy) is 2. The average Bonchev–Trinajstić information content (AvgIpc) is 3.32. The molecule has 220 valence electrons. The molecule has 0 bridgehead atoms. The van der Waals surface area contributed by atoms with Gasteiger partial charge in [0.1, 0.15) is 29.8 Å². The number of fused-ring (bicyclic) bond motifs is 1. The van der Waals surface area contributed by atoms with Gasteiger partial charge in [0.25, 0.3) is 0 Å². The molecule has 0 unspecified atom stereocenters. The second-order valence-electron chi connectivity index (χ2n) is 12.9. The summed E-state index contributed by atoms with van der Waals surface area (Å²) in [5.74, 6) is 1.47. The minimum Gasteiger partial charge on any atom is -0.490 e. The van der Waals surface area contributed by atoms with Crippen molar-refractivity contribution in [1.82, 2.24) is 19.5 Å². The first-order valence-electron chi connectivity index (χ1n) is 14.1. The molecule has 0 saturated carbocycles. The third-order valence-electron chi connectivity index (χ3n) is 7.64. The lowest BCUT2D eigenvalue weighted by Crippen LogP contribution is -2.50. The van der Waals surface area contributed by atoms with Gasteiger partial charge in [-0.3, -0.25) is 0 Å². The summed E-state index contributed by atoms with van der Waals surface area (Å²) in [6.07, 6.45) is 4.88. The van der Waals surface area contributed by atoms with E-state index in [1.165, 1.54) is 0 Å². The number of nitrogens with zero attached hydrogens (tertiary/aromatic N) is 6. The van der Waals surface area contributed by atoms with Gasteiger partial charge in [-0.15, -0.1) is 0 Å². The van der Waals surface area contributed by atoms with Gasteiger partial charge in [0.15, 0.2) is 8.32 Å². The highest BCUT2D eigenvalue weighted by Gasteiger charge is 2.37. The SMILES string of the molecule is CC(C)(C)OC(=O)N1CCN(c2ccc(-c3cc(OCCO[Si](C)(C)C(C)(C)C)cn4ncc(C#N)c34)cn2)CC1. The summed E-state index contributed by atoms with van der Waals surface area (Å²) in [5, 5.41) is 14.2. The minimum absolute atomic E-state index is 0.132. The van der Waals surface area contributed by atoms with Crippen molar-refractivity contribution in [2.24, 2.45) is 0 Å². The molecule has 0 aliphatic carbocycles. The van der Waals surface area contributed by atoms with Gasteiger partial charge in [0.05, 0.1) is 30.1 Å². The van der Waals surface area contributed by atoms with E-state index in [-0.39, 0.29) is 11.1 Å². The molecule has 41 heavy (non-hydrogen) atoms. The topological polar surface area (TPSA) is 105 Å². The van der Waals surface area contributed by atoms with Crippen LogP contribution >= 0.6 is 0 Å². The summed E-state index contributed by atoms with van der Waals surface area (Å²) in [6, 6.07) is 8.14. The van der Waals surface area contributed by atoms with Crippen molar-refractivity contribution in [3.63, 3.8) is 0 Å². The van der Waals surface area contributed by atoms with Crippen molar-refractivity contribution in [3.05, 3.63) is 42.4 Å². The fourth-order valence-corrected chi connectivity index (χ4v) is 5.35. The zero-order valence-corrected chi connectivity index (χ0v) is 26.5. The van der Waals surface area contributed by atoms with Crippen LogP contribution < -0.4 is 9.64 Å². The molecule has 1 aliphatic heterocycles. The molecule has 0 atom stereocenters. The van der Waals surface area contributed by atoms with Crippen LogP contribution in [-0.2, 0) is 9.16 Å². The first-order chi connectivity index (χ1) is 19.2. The Balaban J connectivity index is 1.48. The lowest BCUT2D eigenvalue weighted by molar-refractivity contribution is 0.0240. The standard InChI is InChI=1S/C30H42N6O4Si/c1-29(2,3)40-28(37)35-13-11-34(12-14-35)26-10-9-22(19-32-26)25-17-24(21-36-27(25)23(18-31)20-33-36)38-15-16-39-41(7,8)30(4,5)6/h9-10,17,19-21H,11-16H2,1-8H3. The summed E-state index contributed by atoms with van der Waals surface area (Å²) < 4.78 is 19.5. The number of amides is 1. The zero-order chi connectivity index (χ0) is 30.0. The van der Waals surface area contributed by atoms with Gasteiger partial charge in [-0.05, 0) is 57.1 Å². The van der Waals surface area contributed by atoms with E-state index in [4.69, 9.17) is 18.9 Å². The van der Waals surface area contributed by atoms with E-state index in [2.05, 4.69) is 49.9 Å². The number of rotatable bonds is 7. The number of hydrogen-bond donors (Lipinski definition) is 0. The number of pyridine rings is 2. The molecule has 1 aliphatic rings. The van der Waals surface area contributed by atoms with Crippen LogP contribution in [0.2, 0.25) is 18.1 Å². The molecule has 1 saturated heterocycles. The van der Waals surface area contributed by atoms with E-state index < -0.39 is 13.9 Å². The predicted molar refractivity (Wildman–Crippen MR) is 162 cm³/mol. The Morgan fingerprint density at radius 1 is 1.05 bits per heavy atom. The summed E-state index contributed by atoms with van der Waals surface area (Å²) >= 11 is 0. The normalized spacial score (nSPS) is 14.7. The number of anilines is 1. The number of carbonyl (C=O) groups is 1. The van der Waals surface area contributed by atoms with Crippen LogP contribution in [0.1, 0.15) is 47.1 Å². The maximum absolute atomic E-state index is 12.4. The van der Waals surface area contributed by atoms with Crippen LogP contribution in [-0.4, -0.2) is 78.9 Å². The van der Waals surface area contributed by atoms with Crippen molar-refractivity contribution < 1.29 is 18.7 Å². The lowest BCUT2D eigenvalue weighted by Gasteiger charge is -2.36. The van der Waals surface area contributed by atoms with Crippen LogP contribution in [0, 0.1) is 11.3 Å². The van der Waals surface area contributed by atoms with Crippen LogP contribution in [0.15, 0.2) is 36.8 Å². The number of hydrogen-bond acceptors (Lipinski definition) is 8. The molecular formula is C30H42N6O4Si. The molecule has 1 fully saturated rings. The minimum atomic E-state index is -1.86. The molecule has 3 aromatic rings. The molecule has 0 aromatic carbocycles. The van der Waals surface area contributed by atoms with Crippen molar-refractivity contribution in [3.8, 4) is 22.9 Å². The molecule has 11 heteroatoms. The smallest absolute Gasteiger partial charge is 0.410 e. The van der Waals surface area contributed by atoms with Crippen LogP contribution in [0.4, 0.5) is 10.6 Å². The lowest BCUT2D eigenvalue weighted by atomic mass is 10.1. The van der Waals surface area contributed by atoms with Crippen LogP contribution in [0.25, 0.3) is 16.6 Å². The first kappa shape index (κ1) is 30.3. The third kappa shape index (κ3) is 7.18. The van der Waals surface area contributed by atoms with E-state index >= 15 is 0 Å². The van der Waals surface area contributed by atoms with Gasteiger partial charge in [-0.1, -0.05) is 20.8 Å². The molecule has 3 aromatic heterocycles. The van der Waals surface area contributed by atoms with E-state index in [0.29, 0.717) is 56.2 Å². The average molecular weight is 579 g/mol. The molecule has 10 nitrogen and oxygen atoms in total. The van der Waals surface area contributed by atoms with E-state index in [1.807, 2.05) is 45.2 Å². The summed E-state index contributed by atoms with van der Waals surface area (Å²) in [4.78, 5) is 21.0. The number of piperazine rings is 1. The summed E-state index contributed by atoms with van der Waals surface area (Å²) in [6.45, 7) is 20.1. The van der Waals surface area contributed by atoms with Gasteiger partial charge in [-0.25, -0.2) is 14.3 Å². The number of nitriles is 1. The van der Waals surface area contributed by atoms with Crippen molar-refractivity contribution in [2.75, 3.05) is 44.3 Å². The van der Waals surface area contributed by atoms with E-state index in [0.717, 1.165) is 16.9 Å². The van der Waals surface area contributed by atoms with Crippen LogP contribution in [0.3, 0.4) is 0 Å². The van der Waals surface area contributed by atoms with Gasteiger partial charge in [0, 0.05) is 43.5 Å². The molecule has 4 rings (SSSR count). The highest BCUT2D eigenvalue weighted by Crippen LogP contribution is 2.36. The Labute approximate surface area is 243 Å². The predicted octanol–water partition coefficient (Wildman–Crippen LogP) is 5.73. The Morgan fingerprint density at radius 3 is 2.34 bits per heavy atom. The second kappa shape index (κ2) is 11.7. The first-order valence-corrected chi connectivity index (χ1v) is 17.0. The Hall–Kier alpha value is -3.62. The maximum atomic E-state index is 12.4. The monoisotopic (exact) mass is 578 g/mol. The van der Waals surface area contributed by atoms with Crippen LogP contribution in [0.5, 0.6) is 5.75 Å². The molecule has 0 spiro atoms. The van der Waals surface area contributed by atoms with Gasteiger partial charge in [-0.2, -0.15) is 10.4 Å². The van der Waals surface area contributed by atoms with E-state index in [9.17, 15) is 10.1 Å². The molecule has 0 N–H and O–H groups in total. The van der Waals surface area contributed by atoms with E-state index in [1.54, 1.807) is 21.8 Å². The fourth-order valence-electron chi connectivity index (χ4n) is 4.33. The Kier molecular flexibility index (Phi) is 8.66. The third-order valence-corrected chi connectivity index (χ3v) is 12.2. The quantitative estimate of drug-likeness (QED) is 0.259. The highest BCUT2D eigenvalue weighted by atomic mass is 28.4.